The molecule has 8 bridgehead atoms. The standard InChI is InChI=1S/C52H58N4O2/c1-49(2,3)34-22-32(23-35(27-34)50(4,5)6)47-41-18-15-38(53-41)29-39-16-19-43(54-39)48(33-24-36(51(7,8)9)28-37(25-33)52(10,11)12)45-26-31(14-21-46(57)58-13)44(56-45)30-40-17-20-42(47)55-40/h14-30,55,57H,1-13H3/b31-14-,38-29?,40-30?,46-21+,47-42?,48-43?. The highest BCUT2D eigenvalue weighted by molar-refractivity contribution is 6.30. The van der Waals surface area contributed by atoms with Crippen LogP contribution in [0.3, 0.4) is 0 Å². The number of methoxy groups -OCH3 is 1. The van der Waals surface area contributed by atoms with Crippen molar-refractivity contribution in [2.24, 2.45) is 15.0 Å². The lowest BCUT2D eigenvalue weighted by Gasteiger charge is -2.27. The number of ether oxygens (including phenoxy) is 1. The summed E-state index contributed by atoms with van der Waals surface area (Å²) < 4.78 is 5.11. The van der Waals surface area contributed by atoms with Crippen LogP contribution in [-0.4, -0.2) is 34.3 Å². The fraction of sp³-hybridized carbons (Fsp3) is 0.327. The molecule has 3 aromatic rings. The third-order valence-electron chi connectivity index (χ3n) is 11.0. The van der Waals surface area contributed by atoms with Crippen molar-refractivity contribution >= 4 is 34.4 Å². The quantitative estimate of drug-likeness (QED) is 0.259. The largest absolute Gasteiger partial charge is 0.481 e. The Morgan fingerprint density at radius 3 is 1.72 bits per heavy atom. The zero-order valence-electron chi connectivity index (χ0n) is 36.5. The number of rotatable bonds is 4. The Hall–Kier alpha value is -5.75. The number of H-pyrrole nitrogens is 1. The molecule has 4 aliphatic heterocycles. The number of aromatic nitrogens is 1. The Kier molecular flexibility index (Phi) is 10.2. The van der Waals surface area contributed by atoms with Crippen molar-refractivity contribution < 1.29 is 9.84 Å². The van der Waals surface area contributed by atoms with Crippen LogP contribution in [0.2, 0.25) is 0 Å². The molecule has 4 aliphatic rings. The van der Waals surface area contributed by atoms with Gasteiger partial charge in [-0.05, 0) is 116 Å². The van der Waals surface area contributed by atoms with Crippen molar-refractivity contribution in [3.8, 4) is 0 Å². The summed E-state index contributed by atoms with van der Waals surface area (Å²) in [7, 11) is 1.45. The normalized spacial score (nSPS) is 18.0. The second-order valence-electron chi connectivity index (χ2n) is 19.8. The molecule has 0 radical (unpaired) electrons. The fourth-order valence-corrected chi connectivity index (χ4v) is 7.33. The van der Waals surface area contributed by atoms with Gasteiger partial charge in [-0.15, -0.1) is 0 Å². The molecule has 6 heteroatoms. The molecule has 5 heterocycles. The topological polar surface area (TPSA) is 82.3 Å². The number of aliphatic hydroxyl groups is 1. The van der Waals surface area contributed by atoms with E-state index in [1.54, 1.807) is 6.08 Å². The van der Waals surface area contributed by atoms with Crippen LogP contribution in [0.25, 0.3) is 17.2 Å². The van der Waals surface area contributed by atoms with Crippen LogP contribution in [0.15, 0.2) is 141 Å². The third-order valence-corrected chi connectivity index (χ3v) is 11.0. The van der Waals surface area contributed by atoms with Gasteiger partial charge in [0.25, 0.3) is 5.95 Å². The van der Waals surface area contributed by atoms with E-state index < -0.39 is 0 Å². The molecule has 0 fully saturated rings. The zero-order valence-corrected chi connectivity index (χ0v) is 36.5. The first-order chi connectivity index (χ1) is 27.1. The van der Waals surface area contributed by atoms with E-state index in [4.69, 9.17) is 19.7 Å². The highest BCUT2D eigenvalue weighted by Gasteiger charge is 2.28. The minimum absolute atomic E-state index is 0.0545. The van der Waals surface area contributed by atoms with E-state index in [2.05, 4.69) is 179 Å². The third kappa shape index (κ3) is 8.43. The van der Waals surface area contributed by atoms with Gasteiger partial charge in [0.2, 0.25) is 0 Å². The Balaban J connectivity index is 1.54. The number of benzene rings is 2. The van der Waals surface area contributed by atoms with Crippen molar-refractivity contribution in [1.82, 2.24) is 4.98 Å². The Morgan fingerprint density at radius 1 is 0.603 bits per heavy atom. The Morgan fingerprint density at radius 2 is 1.17 bits per heavy atom. The van der Waals surface area contributed by atoms with Crippen LogP contribution in [-0.2, 0) is 26.4 Å². The Labute approximate surface area is 344 Å². The fourth-order valence-electron chi connectivity index (χ4n) is 7.33. The van der Waals surface area contributed by atoms with E-state index in [1.165, 1.54) is 29.4 Å². The van der Waals surface area contributed by atoms with Crippen molar-refractivity contribution in [3.63, 3.8) is 0 Å². The van der Waals surface area contributed by atoms with Crippen LogP contribution in [0.5, 0.6) is 0 Å². The molecule has 7 rings (SSSR count). The first kappa shape index (κ1) is 40.4. The van der Waals surface area contributed by atoms with Crippen LogP contribution in [0, 0.1) is 0 Å². The molecule has 6 nitrogen and oxygen atoms in total. The average Bonchev–Trinajstić information content (AvgIpc) is 3.95. The lowest BCUT2D eigenvalue weighted by molar-refractivity contribution is 0.136. The number of aromatic amines is 1. The first-order valence-corrected chi connectivity index (χ1v) is 20.3. The van der Waals surface area contributed by atoms with Crippen molar-refractivity contribution in [3.05, 3.63) is 170 Å². The smallest absolute Gasteiger partial charge is 0.276 e. The van der Waals surface area contributed by atoms with E-state index in [9.17, 15) is 5.11 Å². The van der Waals surface area contributed by atoms with Gasteiger partial charge in [-0.3, -0.25) is 0 Å². The van der Waals surface area contributed by atoms with Gasteiger partial charge < -0.3 is 14.8 Å². The van der Waals surface area contributed by atoms with Gasteiger partial charge in [-0.25, -0.2) is 15.0 Å². The molecule has 0 aliphatic carbocycles. The number of nitrogens with zero attached hydrogens (tertiary/aromatic N) is 3. The summed E-state index contributed by atoms with van der Waals surface area (Å²) in [6.07, 6.45) is 18.0. The molecule has 1 aromatic heterocycles. The average molecular weight is 771 g/mol. The minimum atomic E-state index is -0.184. The van der Waals surface area contributed by atoms with Gasteiger partial charge in [0.1, 0.15) is 0 Å². The van der Waals surface area contributed by atoms with Crippen LogP contribution < -0.4 is 10.7 Å². The van der Waals surface area contributed by atoms with E-state index >= 15 is 0 Å². The molecule has 2 N–H and O–H groups in total. The maximum atomic E-state index is 10.3. The molecule has 298 valence electrons. The van der Waals surface area contributed by atoms with Gasteiger partial charge in [-0.2, -0.15) is 0 Å². The minimum Gasteiger partial charge on any atom is -0.481 e. The highest BCUT2D eigenvalue weighted by Crippen LogP contribution is 2.40. The summed E-state index contributed by atoms with van der Waals surface area (Å²) in [5.41, 5.74) is 14.6. The molecule has 0 amide bonds. The SMILES string of the molecule is CO/C(O)=C/C=C1/C=C2N=C1C=c1ccc([nH]1)=C(c1cc(C(C)(C)C)cc(C(C)(C)C)c1)C1=NC(=CC3=NC(=C2c2cc(C(C)(C)C)cc(C(C)(C)C)c2)C=C3)C=C1. The Bertz CT molecular complexity index is 2600. The zero-order chi connectivity index (χ0) is 41.9. The predicted molar refractivity (Wildman–Crippen MR) is 244 cm³/mol. The predicted octanol–water partition coefficient (Wildman–Crippen LogP) is 10.8. The summed E-state index contributed by atoms with van der Waals surface area (Å²) in [6, 6.07) is 18.1. The molecule has 0 saturated heterocycles. The molecular weight excluding hydrogens is 713 g/mol. The van der Waals surface area contributed by atoms with Crippen molar-refractivity contribution in [1.29, 1.82) is 0 Å². The molecule has 0 unspecified atom stereocenters. The lowest BCUT2D eigenvalue weighted by Crippen LogP contribution is -2.21. The second-order valence-corrected chi connectivity index (χ2v) is 19.8. The lowest BCUT2D eigenvalue weighted by atomic mass is 9.78. The number of aliphatic imine (C=N–C) groups is 3. The van der Waals surface area contributed by atoms with Crippen molar-refractivity contribution in [2.75, 3.05) is 7.11 Å². The summed E-state index contributed by atoms with van der Waals surface area (Å²) in [5.74, 6) is -0.184. The number of nitrogens with one attached hydrogen (secondary N) is 1. The number of hydrogen-bond donors (Lipinski definition) is 2. The maximum Gasteiger partial charge on any atom is 0.276 e. The van der Waals surface area contributed by atoms with E-state index in [0.717, 1.165) is 72.8 Å². The monoisotopic (exact) mass is 770 g/mol. The van der Waals surface area contributed by atoms with Gasteiger partial charge >= 0.3 is 0 Å². The van der Waals surface area contributed by atoms with Gasteiger partial charge in [0, 0.05) is 33.5 Å². The highest BCUT2D eigenvalue weighted by atomic mass is 16.6. The maximum absolute atomic E-state index is 10.3. The second kappa shape index (κ2) is 14.6. The number of aliphatic hydroxyl groups excluding tert-OH is 1. The van der Waals surface area contributed by atoms with E-state index in [1.807, 2.05) is 6.08 Å². The number of allylic oxidation sites excluding steroid dienone is 10. The van der Waals surface area contributed by atoms with E-state index in [-0.39, 0.29) is 27.6 Å². The van der Waals surface area contributed by atoms with Crippen molar-refractivity contribution in [2.45, 2.75) is 105 Å². The summed E-state index contributed by atoms with van der Waals surface area (Å²) >= 11 is 0. The van der Waals surface area contributed by atoms with Gasteiger partial charge in [0.15, 0.2) is 0 Å². The molecule has 58 heavy (non-hydrogen) atoms. The molecule has 0 spiro atoms. The molecular formula is C52H58N4O2. The number of hydrogen-bond acceptors (Lipinski definition) is 5. The number of fused-ring (bicyclic) bond motifs is 5. The molecule has 2 aromatic carbocycles. The van der Waals surface area contributed by atoms with Crippen LogP contribution in [0.4, 0.5) is 0 Å². The van der Waals surface area contributed by atoms with Crippen LogP contribution >= 0.6 is 0 Å². The summed E-state index contributed by atoms with van der Waals surface area (Å²) in [4.78, 5) is 19.6. The van der Waals surface area contributed by atoms with Gasteiger partial charge in [0.05, 0.1) is 41.3 Å². The molecule has 0 atom stereocenters. The van der Waals surface area contributed by atoms with E-state index in [0.29, 0.717) is 0 Å². The molecule has 0 saturated carbocycles. The van der Waals surface area contributed by atoms with Gasteiger partial charge in [-0.1, -0.05) is 119 Å². The van der Waals surface area contributed by atoms with Crippen LogP contribution in [0.1, 0.15) is 116 Å². The summed E-state index contributed by atoms with van der Waals surface area (Å²) in [5, 5.41) is 12.2. The summed E-state index contributed by atoms with van der Waals surface area (Å²) in [6.45, 7) is 27.1. The first-order valence-electron chi connectivity index (χ1n) is 20.3.